The molecule has 24 heavy (non-hydrogen) atoms. The van der Waals surface area contributed by atoms with Gasteiger partial charge in [0.25, 0.3) is 0 Å². The van der Waals surface area contributed by atoms with Gasteiger partial charge >= 0.3 is 6.18 Å². The van der Waals surface area contributed by atoms with E-state index in [2.05, 4.69) is 0 Å². The Balaban J connectivity index is 2.28. The topological polar surface area (TPSA) is 49.0 Å². The maximum atomic E-state index is 14.1. The van der Waals surface area contributed by atoms with Gasteiger partial charge in [0.05, 0.1) is 16.8 Å². The second-order valence-electron chi connectivity index (χ2n) is 5.28. The van der Waals surface area contributed by atoms with Crippen LogP contribution in [-0.2, 0) is 6.18 Å². The van der Waals surface area contributed by atoms with Crippen molar-refractivity contribution in [2.45, 2.75) is 24.6 Å². The van der Waals surface area contributed by atoms with Crippen LogP contribution in [0.5, 0.6) is 0 Å². The molecule has 3 nitrogen and oxygen atoms in total. The highest BCUT2D eigenvalue weighted by molar-refractivity contribution is 5.51. The van der Waals surface area contributed by atoms with Crippen molar-refractivity contribution >= 4 is 0 Å². The molecule has 126 valence electrons. The van der Waals surface area contributed by atoms with Gasteiger partial charge in [0.15, 0.2) is 12.3 Å². The van der Waals surface area contributed by atoms with Crippen LogP contribution in [-0.4, -0.2) is 15.8 Å². The minimum atomic E-state index is -4.95. The predicted molar refractivity (Wildman–Crippen MR) is 69.1 cm³/mol. The summed E-state index contributed by atoms with van der Waals surface area (Å²) in [5.41, 5.74) is -3.57. The number of aliphatic hydroxyl groups is 1. The van der Waals surface area contributed by atoms with Gasteiger partial charge in [0.1, 0.15) is 18.0 Å². The van der Waals surface area contributed by atoms with Gasteiger partial charge in [-0.3, -0.25) is 0 Å². The highest BCUT2D eigenvalue weighted by Gasteiger charge is 2.50. The van der Waals surface area contributed by atoms with Crippen molar-refractivity contribution in [1.82, 2.24) is 4.57 Å². The lowest BCUT2D eigenvalue weighted by Gasteiger charge is -2.13. The average Bonchev–Trinajstić information content (AvgIpc) is 3.01. The third-order valence-electron chi connectivity index (χ3n) is 3.88. The van der Waals surface area contributed by atoms with Gasteiger partial charge in [0, 0.05) is 17.4 Å². The maximum Gasteiger partial charge on any atom is 0.418 e. The Morgan fingerprint density at radius 1 is 1.21 bits per heavy atom. The van der Waals surface area contributed by atoms with Crippen molar-refractivity contribution in [3.63, 3.8) is 0 Å². The summed E-state index contributed by atoms with van der Waals surface area (Å²) in [6.45, 7) is 0. The summed E-state index contributed by atoms with van der Waals surface area (Å²) in [4.78, 5) is 0. The number of hydrogen-bond acceptors (Lipinski definition) is 2. The van der Waals surface area contributed by atoms with Crippen LogP contribution in [0.1, 0.15) is 34.7 Å². The number of rotatable bonds is 1. The first kappa shape index (κ1) is 16.4. The molecule has 3 atom stereocenters. The molecule has 0 bridgehead atoms. The summed E-state index contributed by atoms with van der Waals surface area (Å²) >= 11 is 0. The molecule has 0 aliphatic heterocycles. The molecule has 1 aliphatic carbocycles. The molecular formula is C15H8F6N2O. The fourth-order valence-electron chi connectivity index (χ4n) is 2.79. The average molecular weight is 346 g/mol. The molecule has 0 radical (unpaired) electrons. The number of alkyl halides is 5. The van der Waals surface area contributed by atoms with Crippen LogP contribution in [0, 0.1) is 17.1 Å². The number of halogens is 6. The molecule has 1 aromatic heterocycles. The zero-order chi connectivity index (χ0) is 17.8. The molecular weight excluding hydrogens is 338 g/mol. The predicted octanol–water partition coefficient (Wildman–Crippen LogP) is 3.90. The molecule has 0 fully saturated rings. The number of hydrogen-bond donors (Lipinski definition) is 1. The molecule has 1 N–H and O–H groups in total. The van der Waals surface area contributed by atoms with E-state index in [0.29, 0.717) is 10.8 Å². The second-order valence-corrected chi connectivity index (χ2v) is 5.28. The summed E-state index contributed by atoms with van der Waals surface area (Å²) in [6.07, 6.45) is -11.7. The first-order valence-electron chi connectivity index (χ1n) is 6.65. The zero-order valence-electron chi connectivity index (χ0n) is 11.7. The Kier molecular flexibility index (Phi) is 3.60. The fourth-order valence-corrected chi connectivity index (χ4v) is 2.79. The highest BCUT2D eigenvalue weighted by atomic mass is 19.4. The van der Waals surface area contributed by atoms with Crippen molar-refractivity contribution in [2.75, 3.05) is 0 Å². The highest BCUT2D eigenvalue weighted by Crippen LogP contribution is 2.50. The number of aromatic nitrogens is 1. The van der Waals surface area contributed by atoms with Crippen LogP contribution in [0.4, 0.5) is 26.3 Å². The molecule has 0 saturated heterocycles. The monoisotopic (exact) mass is 346 g/mol. The Morgan fingerprint density at radius 2 is 1.88 bits per heavy atom. The minimum Gasteiger partial charge on any atom is -0.385 e. The van der Waals surface area contributed by atoms with Crippen LogP contribution in [0.3, 0.4) is 0 Å². The third-order valence-corrected chi connectivity index (χ3v) is 3.88. The number of benzene rings is 1. The minimum absolute atomic E-state index is 0.149. The van der Waals surface area contributed by atoms with Crippen molar-refractivity contribution in [3.8, 4) is 11.8 Å². The Hall–Kier alpha value is -2.47. The van der Waals surface area contributed by atoms with E-state index < -0.39 is 52.8 Å². The molecule has 0 spiro atoms. The lowest BCUT2D eigenvalue weighted by Crippen LogP contribution is -2.15. The Bertz CT molecular complexity index is 851. The van der Waals surface area contributed by atoms with Gasteiger partial charge in [-0.1, -0.05) is 0 Å². The number of nitriles is 1. The molecule has 1 heterocycles. The number of fused-ring (bicyclic) bond motifs is 1. The first-order valence-corrected chi connectivity index (χ1v) is 6.65. The number of nitrogens with zero attached hydrogens (tertiary/aromatic N) is 2. The van der Waals surface area contributed by atoms with Gasteiger partial charge in [0.2, 0.25) is 0 Å². The van der Waals surface area contributed by atoms with Crippen LogP contribution >= 0.6 is 0 Å². The largest absolute Gasteiger partial charge is 0.418 e. The summed E-state index contributed by atoms with van der Waals surface area (Å²) < 4.78 is 81.2. The van der Waals surface area contributed by atoms with E-state index >= 15 is 0 Å². The molecule has 0 saturated carbocycles. The lowest BCUT2D eigenvalue weighted by molar-refractivity contribution is -0.139. The standard InChI is InChI=1S/C15H8F6N2O/c16-9-2-1-7(3-6(9)4-22)23-5-8(15(19,20)21)10-13(23)11(17)12(18)14(10)24/h1-3,5,11-12,14,24H. The van der Waals surface area contributed by atoms with E-state index in [-0.39, 0.29) is 5.69 Å². The molecule has 9 heteroatoms. The summed E-state index contributed by atoms with van der Waals surface area (Å²) in [6, 6.07) is 4.29. The van der Waals surface area contributed by atoms with Crippen LogP contribution in [0.2, 0.25) is 0 Å². The molecule has 1 aromatic carbocycles. The normalized spacial score (nSPS) is 23.2. The molecule has 3 unspecified atom stereocenters. The van der Waals surface area contributed by atoms with E-state index in [1.807, 2.05) is 0 Å². The van der Waals surface area contributed by atoms with Crippen molar-refractivity contribution < 1.29 is 31.4 Å². The van der Waals surface area contributed by atoms with Gasteiger partial charge in [-0.25, -0.2) is 13.2 Å². The van der Waals surface area contributed by atoms with Gasteiger partial charge < -0.3 is 9.67 Å². The summed E-state index contributed by atoms with van der Waals surface area (Å²) in [7, 11) is 0. The van der Waals surface area contributed by atoms with Crippen LogP contribution in [0.15, 0.2) is 24.4 Å². The Labute approximate surface area is 131 Å². The summed E-state index contributed by atoms with van der Waals surface area (Å²) in [5.74, 6) is -0.902. The zero-order valence-corrected chi connectivity index (χ0v) is 11.7. The van der Waals surface area contributed by atoms with E-state index in [1.165, 1.54) is 6.07 Å². The lowest BCUT2D eigenvalue weighted by atomic mass is 10.1. The van der Waals surface area contributed by atoms with Crippen LogP contribution in [0.25, 0.3) is 5.69 Å². The van der Waals surface area contributed by atoms with Crippen molar-refractivity contribution in [2.24, 2.45) is 0 Å². The van der Waals surface area contributed by atoms with Crippen molar-refractivity contribution in [1.29, 1.82) is 5.26 Å². The smallest absolute Gasteiger partial charge is 0.385 e. The molecule has 0 amide bonds. The fraction of sp³-hybridized carbons (Fsp3) is 0.267. The molecule has 3 rings (SSSR count). The Morgan fingerprint density at radius 3 is 2.46 bits per heavy atom. The van der Waals surface area contributed by atoms with Gasteiger partial charge in [-0.15, -0.1) is 0 Å². The SMILES string of the molecule is N#Cc1cc(-n2cc(C(F)(F)F)c3c2C(F)C(F)C3O)ccc1F. The maximum absolute atomic E-state index is 14.1. The summed E-state index contributed by atoms with van der Waals surface area (Å²) in [5, 5.41) is 18.4. The van der Waals surface area contributed by atoms with Gasteiger partial charge in [-0.05, 0) is 18.2 Å². The molecule has 2 aromatic rings. The first-order chi connectivity index (χ1) is 11.2. The van der Waals surface area contributed by atoms with Crippen LogP contribution < -0.4 is 0 Å². The third kappa shape index (κ3) is 2.26. The van der Waals surface area contributed by atoms with Crippen molar-refractivity contribution in [3.05, 3.63) is 52.6 Å². The van der Waals surface area contributed by atoms with E-state index in [9.17, 15) is 31.4 Å². The quantitative estimate of drug-likeness (QED) is 0.796. The van der Waals surface area contributed by atoms with E-state index in [0.717, 1.165) is 18.2 Å². The van der Waals surface area contributed by atoms with E-state index in [4.69, 9.17) is 5.26 Å². The molecule has 1 aliphatic rings. The van der Waals surface area contributed by atoms with Gasteiger partial charge in [-0.2, -0.15) is 18.4 Å². The number of aliphatic hydroxyl groups excluding tert-OH is 1. The second kappa shape index (κ2) is 5.27. The van der Waals surface area contributed by atoms with E-state index in [1.54, 1.807) is 0 Å².